The summed E-state index contributed by atoms with van der Waals surface area (Å²) in [5, 5.41) is 0.253. The Balaban J connectivity index is 2.01. The molecule has 2 saturated heterocycles. The summed E-state index contributed by atoms with van der Waals surface area (Å²) in [5.41, 5.74) is 0.330. The van der Waals surface area contributed by atoms with Crippen molar-refractivity contribution in [2.24, 2.45) is 11.3 Å². The van der Waals surface area contributed by atoms with Crippen LogP contribution in [0.5, 0.6) is 0 Å². The molecule has 3 unspecified atom stereocenters. The second kappa shape index (κ2) is 5.07. The molecule has 0 radical (unpaired) electrons. The van der Waals surface area contributed by atoms with Crippen molar-refractivity contribution in [1.82, 2.24) is 0 Å². The number of halogens is 1. The van der Waals surface area contributed by atoms with E-state index in [1.165, 1.54) is 6.42 Å². The van der Waals surface area contributed by atoms with Crippen molar-refractivity contribution in [2.75, 3.05) is 19.8 Å². The Kier molecular flexibility index (Phi) is 4.06. The molecule has 1 spiro atoms. The van der Waals surface area contributed by atoms with E-state index in [1.54, 1.807) is 0 Å². The second-order valence-corrected chi connectivity index (χ2v) is 7.24. The van der Waals surface area contributed by atoms with Crippen LogP contribution in [0.3, 0.4) is 0 Å². The first-order valence-electron chi connectivity index (χ1n) is 6.79. The molecule has 0 aromatic rings. The summed E-state index contributed by atoms with van der Waals surface area (Å²) in [6.45, 7) is 9.33. The molecule has 0 bridgehead atoms. The van der Waals surface area contributed by atoms with Crippen LogP contribution in [0.4, 0.5) is 0 Å². The lowest BCUT2D eigenvalue weighted by molar-refractivity contribution is -0.117. The van der Waals surface area contributed by atoms with E-state index in [2.05, 4.69) is 20.8 Å². The average Bonchev–Trinajstić information content (AvgIpc) is 2.64. The first-order chi connectivity index (χ1) is 7.94. The highest BCUT2D eigenvalue weighted by molar-refractivity contribution is 6.20. The summed E-state index contributed by atoms with van der Waals surface area (Å²) in [6.07, 6.45) is 4.45. The highest BCUT2D eigenvalue weighted by Crippen LogP contribution is 2.45. The van der Waals surface area contributed by atoms with Crippen LogP contribution in [0, 0.1) is 11.3 Å². The van der Waals surface area contributed by atoms with Crippen LogP contribution < -0.4 is 0 Å². The maximum Gasteiger partial charge on any atom is 0.0939 e. The maximum atomic E-state index is 6.18. The van der Waals surface area contributed by atoms with Crippen molar-refractivity contribution in [3.8, 4) is 0 Å². The van der Waals surface area contributed by atoms with Crippen LogP contribution >= 0.6 is 11.6 Å². The zero-order valence-electron chi connectivity index (χ0n) is 11.3. The first kappa shape index (κ1) is 13.6. The lowest BCUT2D eigenvalue weighted by atomic mass is 9.68. The minimum absolute atomic E-state index is 0.0235. The SMILES string of the molecule is CC(Cl)CC(C)(C)C1CCOC2(CCOC2)C1. The summed E-state index contributed by atoms with van der Waals surface area (Å²) in [7, 11) is 0. The van der Waals surface area contributed by atoms with Crippen LogP contribution in [0.25, 0.3) is 0 Å². The minimum Gasteiger partial charge on any atom is -0.378 e. The molecule has 2 aliphatic heterocycles. The Morgan fingerprint density at radius 3 is 2.76 bits per heavy atom. The van der Waals surface area contributed by atoms with Crippen molar-refractivity contribution in [3.05, 3.63) is 0 Å². The zero-order chi connectivity index (χ0) is 12.5. The summed E-state index contributed by atoms with van der Waals surface area (Å²) in [5.74, 6) is 0.708. The topological polar surface area (TPSA) is 18.5 Å². The molecule has 2 heterocycles. The molecule has 100 valence electrons. The Morgan fingerprint density at radius 2 is 2.18 bits per heavy atom. The Hall–Kier alpha value is 0.210. The molecule has 3 atom stereocenters. The molecule has 2 fully saturated rings. The zero-order valence-corrected chi connectivity index (χ0v) is 12.1. The molecular weight excluding hydrogens is 236 g/mol. The summed E-state index contributed by atoms with van der Waals surface area (Å²) in [6, 6.07) is 0. The molecule has 0 aromatic carbocycles. The van der Waals surface area contributed by atoms with Gasteiger partial charge in [-0.2, -0.15) is 0 Å². The lowest BCUT2D eigenvalue weighted by Crippen LogP contribution is -2.44. The van der Waals surface area contributed by atoms with Crippen molar-refractivity contribution < 1.29 is 9.47 Å². The molecule has 0 saturated carbocycles. The number of alkyl halides is 1. The maximum absolute atomic E-state index is 6.18. The van der Waals surface area contributed by atoms with Crippen LogP contribution in [0.1, 0.15) is 46.5 Å². The molecule has 17 heavy (non-hydrogen) atoms. The minimum atomic E-state index is 0.0235. The van der Waals surface area contributed by atoms with Gasteiger partial charge in [-0.15, -0.1) is 11.6 Å². The highest BCUT2D eigenvalue weighted by Gasteiger charge is 2.45. The molecule has 2 aliphatic rings. The number of ether oxygens (including phenoxy) is 2. The fourth-order valence-corrected chi connectivity index (χ4v) is 3.85. The van der Waals surface area contributed by atoms with Gasteiger partial charge in [0.15, 0.2) is 0 Å². The van der Waals surface area contributed by atoms with Gasteiger partial charge in [-0.05, 0) is 37.5 Å². The largest absolute Gasteiger partial charge is 0.378 e. The molecule has 0 N–H and O–H groups in total. The van der Waals surface area contributed by atoms with Crippen LogP contribution in [0.2, 0.25) is 0 Å². The summed E-state index contributed by atoms with van der Waals surface area (Å²) < 4.78 is 11.5. The number of rotatable bonds is 3. The van der Waals surface area contributed by atoms with Crippen LogP contribution in [-0.4, -0.2) is 30.8 Å². The van der Waals surface area contributed by atoms with E-state index < -0.39 is 0 Å². The third kappa shape index (κ3) is 3.15. The normalized spacial score (nSPS) is 36.4. The van der Waals surface area contributed by atoms with E-state index in [4.69, 9.17) is 21.1 Å². The third-order valence-corrected chi connectivity index (χ3v) is 4.63. The van der Waals surface area contributed by atoms with Gasteiger partial charge in [0.05, 0.1) is 12.2 Å². The average molecular weight is 261 g/mol. The van der Waals surface area contributed by atoms with E-state index in [0.29, 0.717) is 11.3 Å². The van der Waals surface area contributed by atoms with Gasteiger partial charge in [-0.1, -0.05) is 13.8 Å². The third-order valence-electron chi connectivity index (χ3n) is 4.47. The van der Waals surface area contributed by atoms with Crippen molar-refractivity contribution in [3.63, 3.8) is 0 Å². The molecule has 3 heteroatoms. The van der Waals surface area contributed by atoms with E-state index in [9.17, 15) is 0 Å². The molecule has 0 aliphatic carbocycles. The Labute approximate surface area is 110 Å². The smallest absolute Gasteiger partial charge is 0.0939 e. The van der Waals surface area contributed by atoms with E-state index in [1.807, 2.05) is 0 Å². The quantitative estimate of drug-likeness (QED) is 0.722. The standard InChI is InChI=1S/C14H25ClO2/c1-11(15)8-13(2,3)12-4-6-17-14(9-12)5-7-16-10-14/h11-12H,4-10H2,1-3H3. The monoisotopic (exact) mass is 260 g/mol. The van der Waals surface area contributed by atoms with Crippen molar-refractivity contribution >= 4 is 11.6 Å². The Morgan fingerprint density at radius 1 is 1.41 bits per heavy atom. The van der Waals surface area contributed by atoms with Crippen molar-refractivity contribution in [2.45, 2.75) is 57.4 Å². The molecular formula is C14H25ClO2. The van der Waals surface area contributed by atoms with Crippen molar-refractivity contribution in [1.29, 1.82) is 0 Å². The highest BCUT2D eigenvalue weighted by atomic mass is 35.5. The van der Waals surface area contributed by atoms with Crippen LogP contribution in [-0.2, 0) is 9.47 Å². The number of hydrogen-bond donors (Lipinski definition) is 0. The Bertz CT molecular complexity index is 257. The van der Waals surface area contributed by atoms with Gasteiger partial charge in [0.25, 0.3) is 0 Å². The van der Waals surface area contributed by atoms with Gasteiger partial charge in [0, 0.05) is 25.0 Å². The fourth-order valence-electron chi connectivity index (χ4n) is 3.45. The van der Waals surface area contributed by atoms with Gasteiger partial charge >= 0.3 is 0 Å². The van der Waals surface area contributed by atoms with Gasteiger partial charge in [0.1, 0.15) is 0 Å². The summed E-state index contributed by atoms with van der Waals surface area (Å²) in [4.78, 5) is 0. The molecule has 2 nitrogen and oxygen atoms in total. The predicted molar refractivity (Wildman–Crippen MR) is 70.6 cm³/mol. The van der Waals surface area contributed by atoms with E-state index in [-0.39, 0.29) is 11.0 Å². The van der Waals surface area contributed by atoms with E-state index >= 15 is 0 Å². The lowest BCUT2D eigenvalue weighted by Gasteiger charge is -2.44. The predicted octanol–water partition coefficient (Wildman–Crippen LogP) is 3.62. The van der Waals surface area contributed by atoms with Crippen LogP contribution in [0.15, 0.2) is 0 Å². The van der Waals surface area contributed by atoms with Gasteiger partial charge in [-0.25, -0.2) is 0 Å². The fraction of sp³-hybridized carbons (Fsp3) is 1.00. The van der Waals surface area contributed by atoms with E-state index in [0.717, 1.165) is 39.1 Å². The van der Waals surface area contributed by atoms with Gasteiger partial charge in [-0.3, -0.25) is 0 Å². The molecule has 0 aromatic heterocycles. The summed E-state index contributed by atoms with van der Waals surface area (Å²) >= 11 is 6.18. The van der Waals surface area contributed by atoms with Gasteiger partial charge in [0.2, 0.25) is 0 Å². The first-order valence-corrected chi connectivity index (χ1v) is 7.23. The van der Waals surface area contributed by atoms with Gasteiger partial charge < -0.3 is 9.47 Å². The molecule has 0 amide bonds. The second-order valence-electron chi connectivity index (χ2n) is 6.50. The number of hydrogen-bond acceptors (Lipinski definition) is 2. The molecule has 2 rings (SSSR count).